The third kappa shape index (κ3) is 7.21. The van der Waals surface area contributed by atoms with Crippen molar-refractivity contribution in [1.82, 2.24) is 9.13 Å². The Morgan fingerprint density at radius 2 is 0.605 bits per heavy atom. The molecule has 0 saturated heterocycles. The molecule has 0 bridgehead atoms. The summed E-state index contributed by atoms with van der Waals surface area (Å²) in [6.07, 6.45) is 0. The lowest BCUT2D eigenvalue weighted by atomic mass is 9.81. The Morgan fingerprint density at radius 1 is 0.247 bits per heavy atom. The predicted octanol–water partition coefficient (Wildman–Crippen LogP) is 21.0. The topological polar surface area (TPSA) is 13.1 Å². The van der Waals surface area contributed by atoms with Crippen molar-refractivity contribution in [2.75, 3.05) is 4.90 Å². The summed E-state index contributed by atoms with van der Waals surface area (Å²) in [7, 11) is 0. The van der Waals surface area contributed by atoms with Gasteiger partial charge in [-0.2, -0.15) is 0 Å². The van der Waals surface area contributed by atoms with Crippen molar-refractivity contribution in [3.63, 3.8) is 0 Å². The number of anilines is 3. The zero-order valence-electron chi connectivity index (χ0n) is 45.8. The van der Waals surface area contributed by atoms with Crippen LogP contribution in [0, 0.1) is 0 Å². The first-order valence-corrected chi connectivity index (χ1v) is 28.4. The molecule has 2 aromatic heterocycles. The van der Waals surface area contributed by atoms with E-state index in [0.717, 1.165) is 17.1 Å². The highest BCUT2D eigenvalue weighted by Crippen LogP contribution is 2.54. The number of fused-ring (bicyclic) bond motifs is 12. The van der Waals surface area contributed by atoms with Crippen LogP contribution in [0.15, 0.2) is 273 Å². The van der Waals surface area contributed by atoms with Crippen molar-refractivity contribution in [1.29, 1.82) is 0 Å². The van der Waals surface area contributed by atoms with Gasteiger partial charge in [-0.3, -0.25) is 0 Å². The molecule has 14 aromatic rings. The van der Waals surface area contributed by atoms with E-state index in [1.807, 2.05) is 0 Å². The normalized spacial score (nSPS) is 13.6. The van der Waals surface area contributed by atoms with Crippen molar-refractivity contribution in [2.45, 2.75) is 38.5 Å². The maximum atomic E-state index is 2.48. The fourth-order valence-corrected chi connectivity index (χ4v) is 14.0. The monoisotopic (exact) mass is 1040 g/mol. The lowest BCUT2D eigenvalue weighted by Crippen LogP contribution is -2.18. The van der Waals surface area contributed by atoms with E-state index in [0.29, 0.717) is 0 Å². The Bertz CT molecular complexity index is 4790. The van der Waals surface area contributed by atoms with Crippen LogP contribution in [0.5, 0.6) is 0 Å². The first-order valence-electron chi connectivity index (χ1n) is 28.4. The van der Waals surface area contributed by atoms with Gasteiger partial charge >= 0.3 is 0 Å². The molecule has 16 rings (SSSR count). The quantitative estimate of drug-likeness (QED) is 0.148. The molecule has 384 valence electrons. The van der Waals surface area contributed by atoms with Gasteiger partial charge < -0.3 is 14.0 Å². The molecule has 0 aliphatic heterocycles. The van der Waals surface area contributed by atoms with E-state index in [1.54, 1.807) is 0 Å². The van der Waals surface area contributed by atoms with E-state index in [-0.39, 0.29) is 10.8 Å². The number of rotatable bonds is 8. The van der Waals surface area contributed by atoms with E-state index in [9.17, 15) is 0 Å². The van der Waals surface area contributed by atoms with E-state index in [1.165, 1.54) is 133 Å². The standard InChI is InChI=1S/C78H57N3/c1-77(2)69-46-55(54-34-44-76-68(45-54)67-23-13-16-26-75(67)80(76)56-19-9-6-10-20-56)33-40-61(69)62-41-37-58(47-70(62)77)79(57-35-31-53(32-36-57)52-29-27-51(28-30-52)50-17-7-5-8-18-50)59-38-42-63-64-43-39-60(49-72(64)78(3,4)71(63)48-59)81-73-24-14-11-21-65(73)66-22-12-15-25-74(66)81/h5-49H,1-4H3. The highest BCUT2D eigenvalue weighted by molar-refractivity contribution is 6.11. The minimum Gasteiger partial charge on any atom is -0.310 e. The van der Waals surface area contributed by atoms with E-state index >= 15 is 0 Å². The largest absolute Gasteiger partial charge is 0.310 e. The molecule has 2 aliphatic rings. The van der Waals surface area contributed by atoms with E-state index in [2.05, 4.69) is 315 Å². The Balaban J connectivity index is 0.787. The minimum absolute atomic E-state index is 0.263. The van der Waals surface area contributed by atoms with Crippen molar-refractivity contribution in [3.8, 4) is 67.0 Å². The summed E-state index contributed by atoms with van der Waals surface area (Å²) in [5.74, 6) is 0. The van der Waals surface area contributed by atoms with Gasteiger partial charge in [0.25, 0.3) is 0 Å². The van der Waals surface area contributed by atoms with Crippen molar-refractivity contribution in [3.05, 3.63) is 295 Å². The Morgan fingerprint density at radius 3 is 1.16 bits per heavy atom. The van der Waals surface area contributed by atoms with Crippen molar-refractivity contribution < 1.29 is 0 Å². The van der Waals surface area contributed by atoms with Crippen LogP contribution in [0.2, 0.25) is 0 Å². The molecular formula is C78H57N3. The van der Waals surface area contributed by atoms with Crippen LogP contribution in [0.3, 0.4) is 0 Å². The summed E-state index contributed by atoms with van der Waals surface area (Å²) >= 11 is 0. The van der Waals surface area contributed by atoms with Gasteiger partial charge in [-0.1, -0.05) is 204 Å². The number of benzene rings is 12. The van der Waals surface area contributed by atoms with Gasteiger partial charge in [0.05, 0.1) is 22.1 Å². The molecule has 3 heteroatoms. The lowest BCUT2D eigenvalue weighted by molar-refractivity contribution is 0.659. The Kier molecular flexibility index (Phi) is 10.3. The maximum Gasteiger partial charge on any atom is 0.0541 e. The fourth-order valence-electron chi connectivity index (χ4n) is 14.0. The molecule has 0 atom stereocenters. The smallest absolute Gasteiger partial charge is 0.0541 e. The minimum atomic E-state index is -0.264. The third-order valence-electron chi connectivity index (χ3n) is 18.1. The van der Waals surface area contributed by atoms with Gasteiger partial charge in [-0.15, -0.1) is 0 Å². The molecule has 2 aliphatic carbocycles. The van der Waals surface area contributed by atoms with Crippen LogP contribution in [0.4, 0.5) is 17.1 Å². The molecule has 81 heavy (non-hydrogen) atoms. The highest BCUT2D eigenvalue weighted by Gasteiger charge is 2.39. The van der Waals surface area contributed by atoms with Gasteiger partial charge in [0.15, 0.2) is 0 Å². The number of hydrogen-bond acceptors (Lipinski definition) is 1. The second kappa shape index (κ2) is 17.8. The summed E-state index contributed by atoms with van der Waals surface area (Å²) in [5, 5.41) is 5.07. The van der Waals surface area contributed by atoms with E-state index < -0.39 is 0 Å². The number of hydrogen-bond donors (Lipinski definition) is 0. The summed E-state index contributed by atoms with van der Waals surface area (Å²) in [6, 6.07) is 102. The Labute approximate surface area is 472 Å². The fraction of sp³-hybridized carbons (Fsp3) is 0.0769. The highest BCUT2D eigenvalue weighted by atomic mass is 15.1. The van der Waals surface area contributed by atoms with Gasteiger partial charge in [-0.25, -0.2) is 0 Å². The molecule has 2 heterocycles. The van der Waals surface area contributed by atoms with Crippen LogP contribution < -0.4 is 4.90 Å². The second-order valence-electron chi connectivity index (χ2n) is 23.3. The van der Waals surface area contributed by atoms with Crippen molar-refractivity contribution in [2.24, 2.45) is 0 Å². The molecular weight excluding hydrogens is 979 g/mol. The molecule has 12 aromatic carbocycles. The average Bonchev–Trinajstić information content (AvgIpc) is 4.32. The van der Waals surface area contributed by atoms with E-state index in [4.69, 9.17) is 0 Å². The summed E-state index contributed by atoms with van der Waals surface area (Å²) < 4.78 is 4.83. The number of para-hydroxylation sites is 4. The van der Waals surface area contributed by atoms with Crippen LogP contribution in [-0.4, -0.2) is 9.13 Å². The first-order chi connectivity index (χ1) is 39.7. The molecule has 0 N–H and O–H groups in total. The lowest BCUT2D eigenvalue weighted by Gasteiger charge is -2.30. The van der Waals surface area contributed by atoms with Crippen molar-refractivity contribution >= 4 is 60.7 Å². The average molecular weight is 1040 g/mol. The summed E-state index contributed by atoms with van der Waals surface area (Å²) in [5.41, 5.74) is 27.9. The molecule has 0 saturated carbocycles. The van der Waals surface area contributed by atoms with Crippen LogP contribution in [-0.2, 0) is 10.8 Å². The third-order valence-corrected chi connectivity index (χ3v) is 18.1. The number of aromatic nitrogens is 2. The van der Waals surface area contributed by atoms with Crippen LogP contribution >= 0.6 is 0 Å². The predicted molar refractivity (Wildman–Crippen MR) is 341 cm³/mol. The SMILES string of the molecule is CC1(C)c2cc(-c3ccc4c(c3)c3ccccc3n4-c3ccccc3)ccc2-c2ccc(N(c3ccc(-c4ccc(-c5ccccc5)cc4)cc3)c3ccc4c(c3)C(C)(C)c3cc(-n5c6ccccc6c6ccccc65)ccc3-4)cc21. The molecule has 0 amide bonds. The molecule has 0 fully saturated rings. The van der Waals surface area contributed by atoms with Crippen LogP contribution in [0.1, 0.15) is 49.9 Å². The van der Waals surface area contributed by atoms with Gasteiger partial charge in [-0.05, 0) is 175 Å². The van der Waals surface area contributed by atoms with Gasteiger partial charge in [0, 0.05) is 60.8 Å². The second-order valence-corrected chi connectivity index (χ2v) is 23.3. The molecule has 0 radical (unpaired) electrons. The maximum absolute atomic E-state index is 2.48. The zero-order chi connectivity index (χ0) is 54.1. The molecule has 0 spiro atoms. The van der Waals surface area contributed by atoms with Gasteiger partial charge in [0.1, 0.15) is 0 Å². The summed E-state index contributed by atoms with van der Waals surface area (Å²) in [6.45, 7) is 9.63. The first kappa shape index (κ1) is 47.1. The Hall–Kier alpha value is -9.96. The molecule has 0 unspecified atom stereocenters. The summed E-state index contributed by atoms with van der Waals surface area (Å²) in [4.78, 5) is 2.48. The molecule has 3 nitrogen and oxygen atoms in total. The number of nitrogens with zero attached hydrogens (tertiary/aromatic N) is 3. The van der Waals surface area contributed by atoms with Crippen LogP contribution in [0.25, 0.3) is 111 Å². The van der Waals surface area contributed by atoms with Gasteiger partial charge in [0.2, 0.25) is 0 Å². The zero-order valence-corrected chi connectivity index (χ0v) is 45.8.